The van der Waals surface area contributed by atoms with E-state index >= 15 is 0 Å². The van der Waals surface area contributed by atoms with Crippen molar-refractivity contribution in [2.45, 2.75) is 13.0 Å². The van der Waals surface area contributed by atoms with Gasteiger partial charge in [-0.05, 0) is 61.5 Å². The molecule has 0 aliphatic heterocycles. The first kappa shape index (κ1) is 20.8. The van der Waals surface area contributed by atoms with Crippen LogP contribution in [0.15, 0.2) is 71.2 Å². The highest BCUT2D eigenvalue weighted by atomic mass is 19.1. The van der Waals surface area contributed by atoms with Gasteiger partial charge in [0.2, 0.25) is 0 Å². The number of carbonyl (C=O) groups excluding carboxylic acids is 2. The molecule has 0 aliphatic carbocycles. The van der Waals surface area contributed by atoms with E-state index in [1.165, 1.54) is 43.3 Å². The first-order chi connectivity index (χ1) is 14.4. The maximum absolute atomic E-state index is 13.8. The Balaban J connectivity index is 1.49. The Morgan fingerprint density at radius 2 is 1.73 bits per heavy atom. The van der Waals surface area contributed by atoms with Crippen LogP contribution in [-0.2, 0) is 9.59 Å². The molecule has 0 saturated heterocycles. The van der Waals surface area contributed by atoms with E-state index in [1.54, 1.807) is 30.3 Å². The van der Waals surface area contributed by atoms with Gasteiger partial charge in [-0.15, -0.1) is 0 Å². The monoisotopic (exact) mass is 412 g/mol. The topological polar surface area (TPSA) is 80.6 Å². The van der Waals surface area contributed by atoms with Gasteiger partial charge in [0, 0.05) is 6.08 Å². The van der Waals surface area contributed by atoms with Crippen molar-refractivity contribution in [2.24, 2.45) is 0 Å². The third-order valence-electron chi connectivity index (χ3n) is 3.97. The maximum atomic E-state index is 13.8. The lowest BCUT2D eigenvalue weighted by atomic mass is 10.1. The molecule has 1 atom stereocenters. The molecule has 2 amide bonds. The number of ether oxygens (including phenoxy) is 1. The SMILES string of the molecule is C[C@@H](Oc1ccc(F)cc1)C(=O)NNC(=O)/C=C/c1ccc(-c2ccccc2F)o1. The highest BCUT2D eigenvalue weighted by molar-refractivity contribution is 5.93. The summed E-state index contributed by atoms with van der Waals surface area (Å²) in [6.45, 7) is 1.48. The molecule has 30 heavy (non-hydrogen) atoms. The number of hydrogen-bond acceptors (Lipinski definition) is 4. The van der Waals surface area contributed by atoms with Crippen LogP contribution >= 0.6 is 0 Å². The summed E-state index contributed by atoms with van der Waals surface area (Å²) < 4.78 is 37.5. The average Bonchev–Trinajstić information content (AvgIpc) is 3.21. The van der Waals surface area contributed by atoms with Crippen LogP contribution in [0.2, 0.25) is 0 Å². The molecule has 0 saturated carbocycles. The Labute approximate surface area is 171 Å². The Kier molecular flexibility index (Phi) is 6.59. The minimum atomic E-state index is -0.923. The molecule has 0 fully saturated rings. The van der Waals surface area contributed by atoms with Gasteiger partial charge in [0.1, 0.15) is 28.9 Å². The van der Waals surface area contributed by atoms with E-state index in [9.17, 15) is 18.4 Å². The molecule has 8 heteroatoms. The Morgan fingerprint density at radius 1 is 1.00 bits per heavy atom. The number of halogens is 2. The standard InChI is InChI=1S/C22H18F2N2O4/c1-14(29-16-8-6-15(23)7-9-16)22(28)26-25-21(27)13-11-17-10-12-20(30-17)18-4-2-3-5-19(18)24/h2-14H,1H3,(H,25,27)(H,26,28)/b13-11+/t14-/m1/s1. The Hall–Kier alpha value is -3.94. The van der Waals surface area contributed by atoms with Crippen LogP contribution in [0.4, 0.5) is 8.78 Å². The average molecular weight is 412 g/mol. The predicted octanol–water partition coefficient (Wildman–Crippen LogP) is 3.85. The molecule has 0 bridgehead atoms. The smallest absolute Gasteiger partial charge is 0.279 e. The van der Waals surface area contributed by atoms with Gasteiger partial charge >= 0.3 is 0 Å². The highest BCUT2D eigenvalue weighted by Crippen LogP contribution is 2.25. The molecule has 154 valence electrons. The third-order valence-corrected chi connectivity index (χ3v) is 3.97. The fourth-order valence-corrected chi connectivity index (χ4v) is 2.44. The van der Waals surface area contributed by atoms with Crippen LogP contribution in [0.1, 0.15) is 12.7 Å². The summed E-state index contributed by atoms with van der Waals surface area (Å²) in [5, 5.41) is 0. The zero-order valence-electron chi connectivity index (χ0n) is 15.9. The lowest BCUT2D eigenvalue weighted by Crippen LogP contribution is -2.46. The number of rotatable bonds is 6. The van der Waals surface area contributed by atoms with Crippen LogP contribution in [0.5, 0.6) is 5.75 Å². The van der Waals surface area contributed by atoms with Gasteiger partial charge in [-0.1, -0.05) is 12.1 Å². The second kappa shape index (κ2) is 9.51. The van der Waals surface area contributed by atoms with Crippen molar-refractivity contribution < 1.29 is 27.5 Å². The summed E-state index contributed by atoms with van der Waals surface area (Å²) in [6, 6.07) is 14.5. The summed E-state index contributed by atoms with van der Waals surface area (Å²) in [7, 11) is 0. The molecule has 0 spiro atoms. The molecule has 6 nitrogen and oxygen atoms in total. The van der Waals surface area contributed by atoms with Crippen molar-refractivity contribution >= 4 is 17.9 Å². The molecule has 0 radical (unpaired) electrons. The second-order valence-corrected chi connectivity index (χ2v) is 6.21. The maximum Gasteiger partial charge on any atom is 0.279 e. The van der Waals surface area contributed by atoms with Crippen molar-refractivity contribution in [2.75, 3.05) is 0 Å². The van der Waals surface area contributed by atoms with Gasteiger partial charge in [0.15, 0.2) is 6.10 Å². The molecule has 2 N–H and O–H groups in total. The zero-order chi connectivity index (χ0) is 21.5. The Morgan fingerprint density at radius 3 is 2.47 bits per heavy atom. The van der Waals surface area contributed by atoms with Crippen molar-refractivity contribution in [1.82, 2.24) is 10.9 Å². The fourth-order valence-electron chi connectivity index (χ4n) is 2.44. The van der Waals surface area contributed by atoms with Crippen LogP contribution in [0.3, 0.4) is 0 Å². The van der Waals surface area contributed by atoms with E-state index < -0.39 is 29.6 Å². The number of hydrogen-bond donors (Lipinski definition) is 2. The quantitative estimate of drug-likeness (QED) is 0.476. The van der Waals surface area contributed by atoms with Crippen LogP contribution in [0, 0.1) is 11.6 Å². The van der Waals surface area contributed by atoms with E-state index in [0.717, 1.165) is 6.08 Å². The number of carbonyl (C=O) groups is 2. The normalized spacial score (nSPS) is 11.8. The number of hydrazine groups is 1. The van der Waals surface area contributed by atoms with Gasteiger partial charge in [-0.25, -0.2) is 8.78 Å². The molecule has 0 unspecified atom stereocenters. The summed E-state index contributed by atoms with van der Waals surface area (Å²) in [5.41, 5.74) is 4.74. The molecular formula is C22H18F2N2O4. The van der Waals surface area contributed by atoms with E-state index in [-0.39, 0.29) is 0 Å². The van der Waals surface area contributed by atoms with E-state index in [2.05, 4.69) is 10.9 Å². The molecule has 0 aliphatic rings. The fraction of sp³-hybridized carbons (Fsp3) is 0.0909. The summed E-state index contributed by atoms with van der Waals surface area (Å²) in [4.78, 5) is 23.9. The summed E-state index contributed by atoms with van der Waals surface area (Å²) in [5.74, 6) is -1.07. The first-order valence-corrected chi connectivity index (χ1v) is 8.97. The van der Waals surface area contributed by atoms with E-state index in [1.807, 2.05) is 0 Å². The van der Waals surface area contributed by atoms with Crippen LogP contribution in [-0.4, -0.2) is 17.9 Å². The molecular weight excluding hydrogens is 394 g/mol. The largest absolute Gasteiger partial charge is 0.481 e. The second-order valence-electron chi connectivity index (χ2n) is 6.21. The van der Waals surface area contributed by atoms with E-state index in [4.69, 9.17) is 9.15 Å². The lowest BCUT2D eigenvalue weighted by Gasteiger charge is -2.14. The number of amides is 2. The van der Waals surface area contributed by atoms with Crippen molar-refractivity contribution in [1.29, 1.82) is 0 Å². The minimum Gasteiger partial charge on any atom is -0.481 e. The first-order valence-electron chi connectivity index (χ1n) is 8.97. The zero-order valence-corrected chi connectivity index (χ0v) is 15.9. The third kappa shape index (κ3) is 5.54. The van der Waals surface area contributed by atoms with Crippen molar-refractivity contribution in [3.05, 3.63) is 84.1 Å². The van der Waals surface area contributed by atoms with Crippen molar-refractivity contribution in [3.8, 4) is 17.1 Å². The summed E-state index contributed by atoms with van der Waals surface area (Å²) >= 11 is 0. The van der Waals surface area contributed by atoms with Crippen LogP contribution < -0.4 is 15.6 Å². The molecule has 1 heterocycles. The number of furan rings is 1. The van der Waals surface area contributed by atoms with Gasteiger partial charge in [0.05, 0.1) is 5.56 Å². The molecule has 1 aromatic heterocycles. The van der Waals surface area contributed by atoms with Gasteiger partial charge in [-0.2, -0.15) is 0 Å². The lowest BCUT2D eigenvalue weighted by molar-refractivity contribution is -0.131. The van der Waals surface area contributed by atoms with Gasteiger partial charge < -0.3 is 9.15 Å². The van der Waals surface area contributed by atoms with Gasteiger partial charge in [0.25, 0.3) is 11.8 Å². The number of benzene rings is 2. The summed E-state index contributed by atoms with van der Waals surface area (Å²) in [6.07, 6.45) is 1.60. The predicted molar refractivity (Wildman–Crippen MR) is 106 cm³/mol. The molecule has 2 aromatic carbocycles. The molecule has 3 rings (SSSR count). The van der Waals surface area contributed by atoms with Crippen molar-refractivity contribution in [3.63, 3.8) is 0 Å². The van der Waals surface area contributed by atoms with Gasteiger partial charge in [-0.3, -0.25) is 20.4 Å². The van der Waals surface area contributed by atoms with Crippen LogP contribution in [0.25, 0.3) is 17.4 Å². The van der Waals surface area contributed by atoms with E-state index in [0.29, 0.717) is 22.8 Å². The highest BCUT2D eigenvalue weighted by Gasteiger charge is 2.15. The molecule has 3 aromatic rings. The Bertz CT molecular complexity index is 1060. The number of nitrogens with one attached hydrogen (secondary N) is 2. The minimum absolute atomic E-state index is 0.309.